The summed E-state index contributed by atoms with van der Waals surface area (Å²) in [6.45, 7) is 1.88. The molecular weight excluding hydrogens is 204 g/mol. The van der Waals surface area contributed by atoms with Crippen molar-refractivity contribution in [2.45, 2.75) is 24.4 Å². The fraction of sp³-hybridized carbons (Fsp3) is 1.00. The number of fused-ring (bicyclic) bond motifs is 3. The zero-order chi connectivity index (χ0) is 10.1. The first-order chi connectivity index (χ1) is 7.45. The Balaban J connectivity index is 1.77. The van der Waals surface area contributed by atoms with Crippen LogP contribution in [0.3, 0.4) is 0 Å². The SMILES string of the molecule is C1OC2COCOC2C2OCOCC2O1. The van der Waals surface area contributed by atoms with E-state index in [1.54, 1.807) is 0 Å². The molecule has 0 aromatic rings. The summed E-state index contributed by atoms with van der Waals surface area (Å²) in [7, 11) is 0. The second-order valence-electron chi connectivity index (χ2n) is 3.77. The van der Waals surface area contributed by atoms with E-state index in [0.717, 1.165) is 0 Å². The maximum absolute atomic E-state index is 5.52. The van der Waals surface area contributed by atoms with Gasteiger partial charge in [-0.15, -0.1) is 0 Å². The molecule has 0 amide bonds. The summed E-state index contributed by atoms with van der Waals surface area (Å²) in [5.74, 6) is 0. The van der Waals surface area contributed by atoms with Crippen molar-refractivity contribution in [1.82, 2.24) is 0 Å². The van der Waals surface area contributed by atoms with Gasteiger partial charge in [0.05, 0.1) is 13.2 Å². The largest absolute Gasteiger partial charge is 0.353 e. The molecule has 3 aliphatic rings. The van der Waals surface area contributed by atoms with Gasteiger partial charge in [0, 0.05) is 0 Å². The van der Waals surface area contributed by atoms with Crippen LogP contribution in [0.1, 0.15) is 0 Å². The van der Waals surface area contributed by atoms with Crippen LogP contribution in [0.25, 0.3) is 0 Å². The minimum Gasteiger partial charge on any atom is -0.353 e. The lowest BCUT2D eigenvalue weighted by Crippen LogP contribution is -2.54. The van der Waals surface area contributed by atoms with E-state index in [1.165, 1.54) is 0 Å². The smallest absolute Gasteiger partial charge is 0.147 e. The highest BCUT2D eigenvalue weighted by Crippen LogP contribution is 2.26. The second kappa shape index (κ2) is 4.32. The maximum atomic E-state index is 5.52. The zero-order valence-corrected chi connectivity index (χ0v) is 8.29. The van der Waals surface area contributed by atoms with Gasteiger partial charge >= 0.3 is 0 Å². The molecule has 3 aliphatic heterocycles. The normalized spacial score (nSPS) is 46.4. The van der Waals surface area contributed by atoms with Gasteiger partial charge in [-0.3, -0.25) is 0 Å². The van der Waals surface area contributed by atoms with Gasteiger partial charge in [0.25, 0.3) is 0 Å². The molecule has 3 fully saturated rings. The van der Waals surface area contributed by atoms with Crippen LogP contribution < -0.4 is 0 Å². The van der Waals surface area contributed by atoms with E-state index < -0.39 is 0 Å². The molecule has 0 bridgehead atoms. The number of hydrogen-bond donors (Lipinski definition) is 0. The first-order valence-corrected chi connectivity index (χ1v) is 5.07. The highest BCUT2D eigenvalue weighted by atomic mass is 16.8. The van der Waals surface area contributed by atoms with Crippen molar-refractivity contribution in [2.75, 3.05) is 33.6 Å². The number of hydrogen-bond acceptors (Lipinski definition) is 6. The van der Waals surface area contributed by atoms with Crippen molar-refractivity contribution < 1.29 is 28.4 Å². The highest BCUT2D eigenvalue weighted by Gasteiger charge is 2.44. The van der Waals surface area contributed by atoms with Crippen LogP contribution in [0.2, 0.25) is 0 Å². The van der Waals surface area contributed by atoms with E-state index in [9.17, 15) is 0 Å². The van der Waals surface area contributed by atoms with E-state index in [2.05, 4.69) is 0 Å². The lowest BCUT2D eigenvalue weighted by molar-refractivity contribution is -0.260. The van der Waals surface area contributed by atoms with Crippen LogP contribution in [-0.4, -0.2) is 58.0 Å². The van der Waals surface area contributed by atoms with Gasteiger partial charge < -0.3 is 28.4 Å². The molecule has 6 nitrogen and oxygen atoms in total. The van der Waals surface area contributed by atoms with Gasteiger partial charge in [0.1, 0.15) is 44.8 Å². The van der Waals surface area contributed by atoms with Crippen molar-refractivity contribution in [3.05, 3.63) is 0 Å². The molecule has 0 N–H and O–H groups in total. The van der Waals surface area contributed by atoms with Crippen LogP contribution in [0.15, 0.2) is 0 Å². The molecule has 15 heavy (non-hydrogen) atoms. The standard InChI is InChI=1S/C9H14O6/c1-6-8(14-3-10-1)9-7(13-5-12-6)2-11-4-15-9/h6-9H,1-5H2. The molecule has 0 radical (unpaired) electrons. The monoisotopic (exact) mass is 218 g/mol. The molecule has 3 heterocycles. The van der Waals surface area contributed by atoms with E-state index in [1.807, 2.05) is 0 Å². The predicted octanol–water partition coefficient (Wildman–Crippen LogP) is -0.526. The zero-order valence-electron chi connectivity index (χ0n) is 8.29. The molecule has 86 valence electrons. The minimum atomic E-state index is -0.116. The topological polar surface area (TPSA) is 55.4 Å². The molecule has 6 heteroatoms. The summed E-state index contributed by atoms with van der Waals surface area (Å²) >= 11 is 0. The molecular formula is C9H14O6. The first kappa shape index (κ1) is 9.95. The Morgan fingerprint density at radius 1 is 0.600 bits per heavy atom. The van der Waals surface area contributed by atoms with E-state index in [-0.39, 0.29) is 44.8 Å². The fourth-order valence-electron chi connectivity index (χ4n) is 2.10. The van der Waals surface area contributed by atoms with Crippen LogP contribution in [0.4, 0.5) is 0 Å². The third kappa shape index (κ3) is 1.89. The number of rotatable bonds is 0. The Kier molecular flexibility index (Phi) is 2.87. The molecule has 0 aromatic heterocycles. The minimum absolute atomic E-state index is 0.105. The van der Waals surface area contributed by atoms with Crippen molar-refractivity contribution in [3.63, 3.8) is 0 Å². The van der Waals surface area contributed by atoms with E-state index in [4.69, 9.17) is 28.4 Å². The Morgan fingerprint density at radius 3 is 1.67 bits per heavy atom. The first-order valence-electron chi connectivity index (χ1n) is 5.07. The van der Waals surface area contributed by atoms with Crippen molar-refractivity contribution in [1.29, 1.82) is 0 Å². The quantitative estimate of drug-likeness (QED) is 0.545. The van der Waals surface area contributed by atoms with Gasteiger partial charge in [-0.1, -0.05) is 0 Å². The summed E-state index contributed by atoms with van der Waals surface area (Å²) in [5, 5.41) is 0. The molecule has 0 spiro atoms. The molecule has 0 saturated carbocycles. The summed E-state index contributed by atoms with van der Waals surface area (Å²) in [6, 6.07) is 0. The van der Waals surface area contributed by atoms with Gasteiger partial charge in [0.2, 0.25) is 0 Å². The Bertz CT molecular complexity index is 201. The fourth-order valence-corrected chi connectivity index (χ4v) is 2.10. The Hall–Kier alpha value is -0.240. The summed E-state index contributed by atoms with van der Waals surface area (Å²) in [5.41, 5.74) is 0. The van der Waals surface area contributed by atoms with Crippen LogP contribution in [0, 0.1) is 0 Å². The molecule has 4 unspecified atom stereocenters. The Morgan fingerprint density at radius 2 is 1.13 bits per heavy atom. The summed E-state index contributed by atoms with van der Waals surface area (Å²) in [4.78, 5) is 0. The van der Waals surface area contributed by atoms with Crippen molar-refractivity contribution in [3.8, 4) is 0 Å². The predicted molar refractivity (Wildman–Crippen MR) is 46.0 cm³/mol. The third-order valence-electron chi connectivity index (χ3n) is 2.87. The van der Waals surface area contributed by atoms with E-state index in [0.29, 0.717) is 13.2 Å². The maximum Gasteiger partial charge on any atom is 0.147 e. The second-order valence-corrected chi connectivity index (χ2v) is 3.77. The Labute approximate surface area is 87.3 Å². The summed E-state index contributed by atoms with van der Waals surface area (Å²) in [6.07, 6.45) is -0.441. The lowest BCUT2D eigenvalue weighted by Gasteiger charge is -2.37. The van der Waals surface area contributed by atoms with Gasteiger partial charge in [-0.25, -0.2) is 0 Å². The molecule has 3 rings (SSSR count). The van der Waals surface area contributed by atoms with Crippen molar-refractivity contribution >= 4 is 0 Å². The summed E-state index contributed by atoms with van der Waals surface area (Å²) < 4.78 is 32.4. The van der Waals surface area contributed by atoms with E-state index >= 15 is 0 Å². The molecule has 0 aliphatic carbocycles. The number of ether oxygens (including phenoxy) is 6. The highest BCUT2D eigenvalue weighted by molar-refractivity contribution is 4.89. The molecule has 3 saturated heterocycles. The van der Waals surface area contributed by atoms with Gasteiger partial charge in [-0.05, 0) is 0 Å². The van der Waals surface area contributed by atoms with Crippen LogP contribution in [-0.2, 0) is 28.4 Å². The third-order valence-corrected chi connectivity index (χ3v) is 2.87. The van der Waals surface area contributed by atoms with Gasteiger partial charge in [0.15, 0.2) is 0 Å². The van der Waals surface area contributed by atoms with Crippen molar-refractivity contribution in [2.24, 2.45) is 0 Å². The average Bonchev–Trinajstić information content (AvgIpc) is 2.48. The molecule has 4 atom stereocenters. The van der Waals surface area contributed by atoms with Crippen LogP contribution >= 0.6 is 0 Å². The van der Waals surface area contributed by atoms with Gasteiger partial charge in [-0.2, -0.15) is 0 Å². The average molecular weight is 218 g/mol. The van der Waals surface area contributed by atoms with Crippen LogP contribution in [0.5, 0.6) is 0 Å². The molecule has 0 aromatic carbocycles. The lowest BCUT2D eigenvalue weighted by atomic mass is 10.0.